The molecular weight excluding hydrogens is 450 g/mol. The number of nitrogens with zero attached hydrogens (tertiary/aromatic N) is 2. The molecule has 0 unspecified atom stereocenters. The van der Waals surface area contributed by atoms with Crippen molar-refractivity contribution in [1.29, 1.82) is 0 Å². The van der Waals surface area contributed by atoms with Crippen LogP contribution in [0.2, 0.25) is 0 Å². The van der Waals surface area contributed by atoms with Crippen LogP contribution in [-0.4, -0.2) is 45.2 Å². The van der Waals surface area contributed by atoms with Crippen LogP contribution in [0.25, 0.3) is 21.4 Å². The average Bonchev–Trinajstić information content (AvgIpc) is 3.28. The lowest BCUT2D eigenvalue weighted by Crippen LogP contribution is -2.43. The highest BCUT2D eigenvalue weighted by Gasteiger charge is 2.24. The Bertz CT molecular complexity index is 1240. The van der Waals surface area contributed by atoms with E-state index in [1.165, 1.54) is 17.4 Å². The van der Waals surface area contributed by atoms with E-state index in [1.807, 2.05) is 23.6 Å². The first-order valence-electron chi connectivity index (χ1n) is 11.6. The molecule has 1 fully saturated rings. The van der Waals surface area contributed by atoms with Gasteiger partial charge in [-0.3, -0.25) is 9.59 Å². The van der Waals surface area contributed by atoms with Crippen molar-refractivity contribution in [2.45, 2.75) is 20.8 Å². The number of anilines is 2. The molecule has 7 nitrogen and oxygen atoms in total. The number of hydrogen-bond acceptors (Lipinski definition) is 7. The number of fused-ring (bicyclic) bond motifs is 2. The van der Waals surface area contributed by atoms with Crippen molar-refractivity contribution in [2.75, 3.05) is 49.1 Å². The fraction of sp³-hybridized carbons (Fsp3) is 0.385. The fourth-order valence-corrected chi connectivity index (χ4v) is 4.81. The SMILES string of the molecule is C=CC(=O)N1CCOc2ccc(-c3csc4c(=O)cc(N5CCNCC5)oc34)cc21.CC(C)C. The summed E-state index contributed by atoms with van der Waals surface area (Å²) in [6.07, 6.45) is 1.31. The largest absolute Gasteiger partial charge is 0.490 e. The van der Waals surface area contributed by atoms with E-state index >= 15 is 0 Å². The first-order valence-corrected chi connectivity index (χ1v) is 12.5. The highest BCUT2D eigenvalue weighted by atomic mass is 32.1. The van der Waals surface area contributed by atoms with Crippen LogP contribution in [0.15, 0.2) is 51.5 Å². The molecule has 0 bridgehead atoms. The van der Waals surface area contributed by atoms with E-state index in [0.717, 1.165) is 43.2 Å². The molecule has 0 radical (unpaired) electrons. The third-order valence-corrected chi connectivity index (χ3v) is 6.41. The number of benzene rings is 1. The molecule has 8 heteroatoms. The van der Waals surface area contributed by atoms with Crippen molar-refractivity contribution in [3.63, 3.8) is 0 Å². The van der Waals surface area contributed by atoms with Crippen LogP contribution in [0, 0.1) is 5.92 Å². The normalized spacial score (nSPS) is 15.4. The number of carbonyl (C=O) groups excluding carboxylic acids is 1. The summed E-state index contributed by atoms with van der Waals surface area (Å²) in [5, 5.41) is 5.24. The third-order valence-electron chi connectivity index (χ3n) is 5.43. The van der Waals surface area contributed by atoms with Gasteiger partial charge in [-0.2, -0.15) is 0 Å². The molecule has 3 aromatic rings. The molecule has 4 heterocycles. The summed E-state index contributed by atoms with van der Waals surface area (Å²) in [4.78, 5) is 28.8. The van der Waals surface area contributed by atoms with Gasteiger partial charge in [0.15, 0.2) is 11.5 Å². The number of ether oxygens (including phenoxy) is 1. The van der Waals surface area contributed by atoms with E-state index in [2.05, 4.69) is 37.6 Å². The van der Waals surface area contributed by atoms with Crippen LogP contribution in [0.1, 0.15) is 20.8 Å². The number of hydrogen-bond donors (Lipinski definition) is 1. The monoisotopic (exact) mass is 481 g/mol. The van der Waals surface area contributed by atoms with E-state index < -0.39 is 0 Å². The molecule has 0 atom stereocenters. The summed E-state index contributed by atoms with van der Waals surface area (Å²) in [6.45, 7) is 14.3. The Labute approximate surface area is 203 Å². The first kappa shape index (κ1) is 24.0. The summed E-state index contributed by atoms with van der Waals surface area (Å²) >= 11 is 1.37. The van der Waals surface area contributed by atoms with Gasteiger partial charge < -0.3 is 24.3 Å². The van der Waals surface area contributed by atoms with Crippen LogP contribution < -0.4 is 25.3 Å². The molecule has 0 saturated carbocycles. The number of thiophene rings is 1. The fourth-order valence-electron chi connectivity index (χ4n) is 3.89. The molecule has 180 valence electrons. The van der Waals surface area contributed by atoms with Crippen molar-refractivity contribution < 1.29 is 13.9 Å². The van der Waals surface area contributed by atoms with Crippen LogP contribution in [0.3, 0.4) is 0 Å². The lowest BCUT2D eigenvalue weighted by Gasteiger charge is -2.29. The highest BCUT2D eigenvalue weighted by molar-refractivity contribution is 7.17. The molecule has 1 amide bonds. The minimum Gasteiger partial charge on any atom is -0.490 e. The van der Waals surface area contributed by atoms with E-state index in [-0.39, 0.29) is 11.3 Å². The molecule has 2 aromatic heterocycles. The molecule has 0 spiro atoms. The smallest absolute Gasteiger partial charge is 0.250 e. The van der Waals surface area contributed by atoms with Crippen molar-refractivity contribution in [3.8, 4) is 16.9 Å². The quantitative estimate of drug-likeness (QED) is 0.555. The maximum atomic E-state index is 12.7. The topological polar surface area (TPSA) is 75.0 Å². The molecule has 2 aliphatic rings. The molecule has 2 aliphatic heterocycles. The Morgan fingerprint density at radius 3 is 2.62 bits per heavy atom. The van der Waals surface area contributed by atoms with Crippen molar-refractivity contribution in [2.24, 2.45) is 5.92 Å². The summed E-state index contributed by atoms with van der Waals surface area (Å²) < 4.78 is 12.5. The van der Waals surface area contributed by atoms with Crippen LogP contribution in [0.4, 0.5) is 11.6 Å². The second-order valence-electron chi connectivity index (χ2n) is 8.95. The molecule has 1 N–H and O–H groups in total. The van der Waals surface area contributed by atoms with Gasteiger partial charge in [-0.1, -0.05) is 33.4 Å². The summed E-state index contributed by atoms with van der Waals surface area (Å²) in [7, 11) is 0. The van der Waals surface area contributed by atoms with Gasteiger partial charge in [0.2, 0.25) is 5.43 Å². The molecule has 1 saturated heterocycles. The van der Waals surface area contributed by atoms with Gasteiger partial charge in [0.25, 0.3) is 5.91 Å². The zero-order chi connectivity index (χ0) is 24.2. The van der Waals surface area contributed by atoms with Gasteiger partial charge >= 0.3 is 0 Å². The Morgan fingerprint density at radius 2 is 1.91 bits per heavy atom. The predicted molar refractivity (Wildman–Crippen MR) is 139 cm³/mol. The number of piperazine rings is 1. The van der Waals surface area contributed by atoms with Crippen LogP contribution in [-0.2, 0) is 4.79 Å². The summed E-state index contributed by atoms with van der Waals surface area (Å²) in [5.74, 6) is 1.92. The highest BCUT2D eigenvalue weighted by Crippen LogP contribution is 2.40. The van der Waals surface area contributed by atoms with E-state index in [0.29, 0.717) is 40.8 Å². The van der Waals surface area contributed by atoms with Gasteiger partial charge in [-0.25, -0.2) is 0 Å². The number of nitrogens with one attached hydrogen (secondary N) is 1. The Hall–Kier alpha value is -3.10. The van der Waals surface area contributed by atoms with Crippen molar-refractivity contribution >= 4 is 39.1 Å². The van der Waals surface area contributed by atoms with Gasteiger partial charge in [0, 0.05) is 43.2 Å². The van der Waals surface area contributed by atoms with E-state index in [4.69, 9.17) is 9.15 Å². The third kappa shape index (κ3) is 5.03. The van der Waals surface area contributed by atoms with Gasteiger partial charge in [0.1, 0.15) is 17.1 Å². The van der Waals surface area contributed by atoms with Gasteiger partial charge in [0.05, 0.1) is 12.2 Å². The summed E-state index contributed by atoms with van der Waals surface area (Å²) in [6, 6.07) is 7.28. The zero-order valence-corrected chi connectivity index (χ0v) is 20.7. The Morgan fingerprint density at radius 1 is 1.18 bits per heavy atom. The van der Waals surface area contributed by atoms with E-state index in [9.17, 15) is 9.59 Å². The maximum absolute atomic E-state index is 12.7. The summed E-state index contributed by atoms with van der Waals surface area (Å²) in [5.41, 5.74) is 2.95. The zero-order valence-electron chi connectivity index (χ0n) is 19.9. The molecule has 5 rings (SSSR count). The van der Waals surface area contributed by atoms with Crippen LogP contribution >= 0.6 is 11.3 Å². The van der Waals surface area contributed by atoms with Gasteiger partial charge in [-0.05, 0) is 29.7 Å². The first-order chi connectivity index (χ1) is 16.4. The number of rotatable bonds is 3. The molecule has 0 aliphatic carbocycles. The van der Waals surface area contributed by atoms with Crippen LogP contribution in [0.5, 0.6) is 5.75 Å². The Kier molecular flexibility index (Phi) is 7.38. The van der Waals surface area contributed by atoms with E-state index in [1.54, 1.807) is 11.0 Å². The molecule has 1 aromatic carbocycles. The lowest BCUT2D eigenvalue weighted by atomic mass is 10.1. The van der Waals surface area contributed by atoms with Gasteiger partial charge in [-0.15, -0.1) is 11.3 Å². The lowest BCUT2D eigenvalue weighted by molar-refractivity contribution is -0.114. The number of amides is 1. The minimum absolute atomic E-state index is 0.0363. The Balaban J connectivity index is 0.000000636. The number of carbonyl (C=O) groups is 1. The minimum atomic E-state index is -0.167. The average molecular weight is 482 g/mol. The molecule has 34 heavy (non-hydrogen) atoms. The predicted octanol–water partition coefficient (Wildman–Crippen LogP) is 4.50. The standard InChI is InChI=1S/C22H21N3O4S.C4H10/c1-2-19(27)25-9-10-28-18-4-3-14(11-16(18)25)15-13-30-22-17(26)12-20(29-21(15)22)24-7-5-23-6-8-24;1-4(2)3/h2-4,11-13,23H,1,5-10H2;4H,1-3H3. The molecular formula is C26H31N3O4S. The van der Waals surface area contributed by atoms with Crippen molar-refractivity contribution in [3.05, 3.63) is 52.5 Å². The second kappa shape index (κ2) is 10.4. The maximum Gasteiger partial charge on any atom is 0.250 e. The van der Waals surface area contributed by atoms with Crippen molar-refractivity contribution in [1.82, 2.24) is 5.32 Å². The second-order valence-corrected chi connectivity index (χ2v) is 9.83.